The molecule has 1 aromatic carbocycles. The van der Waals surface area contributed by atoms with Crippen LogP contribution in [0, 0.1) is 0 Å². The third kappa shape index (κ3) is 4.36. The first-order valence-electron chi connectivity index (χ1n) is 9.77. The first-order chi connectivity index (χ1) is 12.7. The normalized spacial score (nSPS) is 25.3. The van der Waals surface area contributed by atoms with Crippen LogP contribution >= 0.6 is 0 Å². The highest BCUT2D eigenvalue weighted by Gasteiger charge is 2.41. The number of sulfonamides is 1. The van der Waals surface area contributed by atoms with Crippen molar-refractivity contribution < 1.29 is 13.2 Å². The van der Waals surface area contributed by atoms with Crippen LogP contribution < -0.4 is 4.90 Å². The Kier molecular flexibility index (Phi) is 5.93. The number of rotatable bonds is 2. The van der Waals surface area contributed by atoms with Crippen LogP contribution in [-0.2, 0) is 21.4 Å². The Bertz CT molecular complexity index is 793. The minimum absolute atomic E-state index is 0.00162. The molecule has 7 heteroatoms. The number of fused-ring (bicyclic) bond motifs is 3. The van der Waals surface area contributed by atoms with Gasteiger partial charge in [0.05, 0.1) is 6.26 Å². The number of amides is 1. The molecule has 0 aliphatic carbocycles. The van der Waals surface area contributed by atoms with Crippen molar-refractivity contribution in [1.82, 2.24) is 9.21 Å². The second kappa shape index (κ2) is 7.89. The van der Waals surface area contributed by atoms with Gasteiger partial charge in [-0.15, -0.1) is 0 Å². The van der Waals surface area contributed by atoms with Crippen LogP contribution in [0.3, 0.4) is 0 Å². The number of para-hydroxylation sites is 1. The predicted molar refractivity (Wildman–Crippen MR) is 108 cm³/mol. The van der Waals surface area contributed by atoms with Gasteiger partial charge >= 0.3 is 0 Å². The third-order valence-corrected chi connectivity index (χ3v) is 7.20. The Morgan fingerprint density at radius 2 is 1.78 bits per heavy atom. The summed E-state index contributed by atoms with van der Waals surface area (Å²) in [5.74, 6) is -0.00162. The molecule has 2 heterocycles. The van der Waals surface area contributed by atoms with Crippen LogP contribution in [0.15, 0.2) is 24.3 Å². The molecule has 0 aromatic heterocycles. The molecule has 27 heavy (non-hydrogen) atoms. The van der Waals surface area contributed by atoms with Crippen molar-refractivity contribution in [3.05, 3.63) is 29.8 Å². The summed E-state index contributed by atoms with van der Waals surface area (Å²) in [6.07, 6.45) is 3.72. The van der Waals surface area contributed by atoms with E-state index < -0.39 is 10.0 Å². The summed E-state index contributed by atoms with van der Waals surface area (Å²) in [6, 6.07) is 8.29. The molecule has 2 atom stereocenters. The summed E-state index contributed by atoms with van der Waals surface area (Å²) in [4.78, 5) is 16.5. The van der Waals surface area contributed by atoms with Crippen LogP contribution in [0.4, 0.5) is 5.69 Å². The van der Waals surface area contributed by atoms with E-state index in [1.807, 2.05) is 23.1 Å². The number of benzene rings is 1. The molecule has 0 radical (unpaired) electrons. The SMILES string of the molecule is CC(=O)N1CC[C@H]2CC[C@@H](CN(C(C)C)Cc3ccccc31)N2S(C)(=O)=O. The molecule has 0 saturated carbocycles. The highest BCUT2D eigenvalue weighted by atomic mass is 32.2. The van der Waals surface area contributed by atoms with Crippen LogP contribution in [0.5, 0.6) is 0 Å². The lowest BCUT2D eigenvalue weighted by Crippen LogP contribution is -2.47. The number of anilines is 1. The summed E-state index contributed by atoms with van der Waals surface area (Å²) in [5, 5.41) is 0. The molecule has 0 spiro atoms. The molecule has 2 aliphatic rings. The molecule has 1 saturated heterocycles. The summed E-state index contributed by atoms with van der Waals surface area (Å²) in [7, 11) is -3.29. The van der Waals surface area contributed by atoms with Gasteiger partial charge in [-0.25, -0.2) is 8.42 Å². The first kappa shape index (κ1) is 20.3. The van der Waals surface area contributed by atoms with Crippen molar-refractivity contribution >= 4 is 21.6 Å². The van der Waals surface area contributed by atoms with Gasteiger partial charge in [-0.1, -0.05) is 18.2 Å². The van der Waals surface area contributed by atoms with Gasteiger partial charge in [0.25, 0.3) is 0 Å². The third-order valence-electron chi connectivity index (χ3n) is 5.83. The van der Waals surface area contributed by atoms with Gasteiger partial charge in [0.2, 0.25) is 15.9 Å². The minimum Gasteiger partial charge on any atom is -0.312 e. The lowest BCUT2D eigenvalue weighted by molar-refractivity contribution is -0.116. The molecular formula is C20H31N3O3S. The highest BCUT2D eigenvalue weighted by molar-refractivity contribution is 7.88. The van der Waals surface area contributed by atoms with E-state index in [1.54, 1.807) is 11.2 Å². The van der Waals surface area contributed by atoms with Gasteiger partial charge in [0.15, 0.2) is 0 Å². The van der Waals surface area contributed by atoms with Crippen molar-refractivity contribution in [1.29, 1.82) is 0 Å². The average molecular weight is 394 g/mol. The van der Waals surface area contributed by atoms with E-state index >= 15 is 0 Å². The van der Waals surface area contributed by atoms with Gasteiger partial charge in [0, 0.05) is 50.4 Å². The Morgan fingerprint density at radius 3 is 2.41 bits per heavy atom. The fourth-order valence-electron chi connectivity index (χ4n) is 4.50. The van der Waals surface area contributed by atoms with E-state index in [-0.39, 0.29) is 24.0 Å². The highest BCUT2D eigenvalue weighted by Crippen LogP contribution is 2.33. The van der Waals surface area contributed by atoms with Gasteiger partial charge in [-0.05, 0) is 44.7 Å². The molecule has 1 amide bonds. The summed E-state index contributed by atoms with van der Waals surface area (Å²) in [5.41, 5.74) is 2.06. The quantitative estimate of drug-likeness (QED) is 0.774. The van der Waals surface area contributed by atoms with Crippen LogP contribution in [0.2, 0.25) is 0 Å². The lowest BCUT2D eigenvalue weighted by atomic mass is 10.1. The number of nitrogens with zero attached hydrogens (tertiary/aromatic N) is 3. The van der Waals surface area contributed by atoms with Crippen molar-refractivity contribution in [3.63, 3.8) is 0 Å². The number of hydrogen-bond donors (Lipinski definition) is 0. The molecule has 2 bridgehead atoms. The molecule has 6 nitrogen and oxygen atoms in total. The summed E-state index contributed by atoms with van der Waals surface area (Å²) in [6.45, 7) is 7.83. The fourth-order valence-corrected chi connectivity index (χ4v) is 5.97. The van der Waals surface area contributed by atoms with E-state index in [1.165, 1.54) is 6.26 Å². The van der Waals surface area contributed by atoms with Crippen LogP contribution in [0.25, 0.3) is 0 Å². The van der Waals surface area contributed by atoms with Gasteiger partial charge < -0.3 is 4.90 Å². The maximum Gasteiger partial charge on any atom is 0.223 e. The van der Waals surface area contributed by atoms with Crippen molar-refractivity contribution in [2.24, 2.45) is 0 Å². The molecular weight excluding hydrogens is 362 g/mol. The molecule has 2 aliphatic heterocycles. The molecule has 0 N–H and O–H groups in total. The topological polar surface area (TPSA) is 60.9 Å². The van der Waals surface area contributed by atoms with Crippen molar-refractivity contribution in [2.45, 2.75) is 64.7 Å². The maximum atomic E-state index is 12.5. The molecule has 1 fully saturated rings. The second-order valence-electron chi connectivity index (χ2n) is 8.09. The zero-order valence-electron chi connectivity index (χ0n) is 16.8. The standard InChI is InChI=1S/C20H31N3O3S/c1-15(2)21-13-17-7-5-6-8-20(17)22(16(3)24)12-11-18-9-10-19(14-21)23(18)27(4,25)26/h5-8,15,18-19H,9-14H2,1-4H3/t18-,19+/m1/s1. The molecule has 150 valence electrons. The van der Waals surface area contributed by atoms with Gasteiger partial charge in [-0.2, -0.15) is 4.31 Å². The molecule has 3 rings (SSSR count). The fraction of sp³-hybridized carbons (Fsp3) is 0.650. The largest absolute Gasteiger partial charge is 0.312 e. The van der Waals surface area contributed by atoms with Crippen molar-refractivity contribution in [3.8, 4) is 0 Å². The second-order valence-corrected chi connectivity index (χ2v) is 9.98. The molecule has 1 aromatic rings. The number of hydrogen-bond acceptors (Lipinski definition) is 4. The van der Waals surface area contributed by atoms with E-state index in [9.17, 15) is 13.2 Å². The lowest BCUT2D eigenvalue weighted by Gasteiger charge is -2.34. The number of carbonyl (C=O) groups excluding carboxylic acids is 1. The Hall–Kier alpha value is -1.44. The van der Waals surface area contributed by atoms with Crippen LogP contribution in [0.1, 0.15) is 45.6 Å². The van der Waals surface area contributed by atoms with E-state index in [0.717, 1.165) is 30.6 Å². The zero-order valence-corrected chi connectivity index (χ0v) is 17.6. The Labute approximate surface area is 163 Å². The van der Waals surface area contributed by atoms with Crippen molar-refractivity contribution in [2.75, 3.05) is 24.2 Å². The van der Waals surface area contributed by atoms with Crippen LogP contribution in [-0.4, -0.2) is 61.0 Å². The van der Waals surface area contributed by atoms with E-state index in [2.05, 4.69) is 24.8 Å². The average Bonchev–Trinajstić information content (AvgIpc) is 2.96. The Morgan fingerprint density at radius 1 is 1.11 bits per heavy atom. The smallest absolute Gasteiger partial charge is 0.223 e. The number of carbonyl (C=O) groups is 1. The van der Waals surface area contributed by atoms with Gasteiger partial charge in [0.1, 0.15) is 0 Å². The maximum absolute atomic E-state index is 12.5. The summed E-state index contributed by atoms with van der Waals surface area (Å²) >= 11 is 0. The predicted octanol–water partition coefficient (Wildman–Crippen LogP) is 2.45. The van der Waals surface area contributed by atoms with Gasteiger partial charge in [-0.3, -0.25) is 9.69 Å². The first-order valence-corrected chi connectivity index (χ1v) is 11.6. The Balaban J connectivity index is 2.05. The monoisotopic (exact) mass is 393 g/mol. The minimum atomic E-state index is -3.29. The zero-order chi connectivity index (χ0) is 19.8. The van der Waals surface area contributed by atoms with E-state index in [4.69, 9.17) is 0 Å². The summed E-state index contributed by atoms with van der Waals surface area (Å²) < 4.78 is 26.8. The van der Waals surface area contributed by atoms with E-state index in [0.29, 0.717) is 19.5 Å². The molecule has 0 unspecified atom stereocenters.